The third kappa shape index (κ3) is 4.03. The molecule has 0 saturated carbocycles. The van der Waals surface area contributed by atoms with E-state index in [0.717, 1.165) is 22.5 Å². The van der Waals surface area contributed by atoms with Crippen molar-refractivity contribution in [1.82, 2.24) is 9.99 Å². The molecule has 0 saturated heterocycles. The molecule has 0 unspecified atom stereocenters. The van der Waals surface area contributed by atoms with Crippen molar-refractivity contribution in [3.63, 3.8) is 0 Å². The van der Waals surface area contributed by atoms with Gasteiger partial charge in [0.2, 0.25) is 5.88 Å². The van der Waals surface area contributed by atoms with Crippen LogP contribution in [0.3, 0.4) is 0 Å². The van der Waals surface area contributed by atoms with Gasteiger partial charge in [-0.25, -0.2) is 5.43 Å². The molecule has 0 aliphatic heterocycles. The number of hydrogen-bond donors (Lipinski definition) is 1. The summed E-state index contributed by atoms with van der Waals surface area (Å²) in [5.74, 6) is 1.75. The number of aromatic nitrogens is 1. The van der Waals surface area contributed by atoms with E-state index in [1.54, 1.807) is 31.5 Å². The number of aryl methyl sites for hydroxylation is 2. The number of carbonyl (C=O) groups is 1. The number of nitrogens with one attached hydrogen (secondary N) is 1. The van der Waals surface area contributed by atoms with Gasteiger partial charge < -0.3 is 13.9 Å². The molecule has 0 fully saturated rings. The summed E-state index contributed by atoms with van der Waals surface area (Å²) in [6.45, 7) is 7.51. The van der Waals surface area contributed by atoms with E-state index in [4.69, 9.17) is 13.9 Å². The second-order valence-electron chi connectivity index (χ2n) is 7.00. The summed E-state index contributed by atoms with van der Waals surface area (Å²) >= 11 is 0. The zero-order chi connectivity index (χ0) is 22.7. The summed E-state index contributed by atoms with van der Waals surface area (Å²) < 4.78 is 18.1. The SMILES string of the molecule is COc1ccc(C(=O)NN=Cc2cc(C)n(-c3oc(C)c(C)c3C#N)c2C)c(OC)c1. The first kappa shape index (κ1) is 21.7. The van der Waals surface area contributed by atoms with Crippen LogP contribution in [0.15, 0.2) is 33.8 Å². The Morgan fingerprint density at radius 2 is 1.94 bits per heavy atom. The van der Waals surface area contributed by atoms with Crippen molar-refractivity contribution in [2.24, 2.45) is 5.10 Å². The van der Waals surface area contributed by atoms with Crippen LogP contribution in [0.4, 0.5) is 0 Å². The Bertz CT molecular complexity index is 1210. The molecule has 0 spiro atoms. The number of nitrogens with zero attached hydrogens (tertiary/aromatic N) is 3. The van der Waals surface area contributed by atoms with Crippen molar-refractivity contribution in [3.8, 4) is 23.5 Å². The fourth-order valence-corrected chi connectivity index (χ4v) is 3.34. The van der Waals surface area contributed by atoms with E-state index in [-0.39, 0.29) is 0 Å². The summed E-state index contributed by atoms with van der Waals surface area (Å²) in [5.41, 5.74) is 6.68. The smallest absolute Gasteiger partial charge is 0.275 e. The number of amides is 1. The number of nitriles is 1. The van der Waals surface area contributed by atoms with E-state index in [9.17, 15) is 10.1 Å². The largest absolute Gasteiger partial charge is 0.497 e. The quantitative estimate of drug-likeness (QED) is 0.480. The fraction of sp³-hybridized carbons (Fsp3) is 0.261. The first-order chi connectivity index (χ1) is 14.8. The topological polar surface area (TPSA) is 102 Å². The van der Waals surface area contributed by atoms with Crippen molar-refractivity contribution in [2.75, 3.05) is 14.2 Å². The van der Waals surface area contributed by atoms with Crippen molar-refractivity contribution < 1.29 is 18.7 Å². The highest BCUT2D eigenvalue weighted by molar-refractivity contribution is 5.97. The predicted octanol–water partition coefficient (Wildman–Crippen LogP) is 3.96. The zero-order valence-electron chi connectivity index (χ0n) is 18.4. The van der Waals surface area contributed by atoms with Gasteiger partial charge in [0.1, 0.15) is 28.9 Å². The number of hydrogen-bond acceptors (Lipinski definition) is 6. The number of furan rings is 1. The standard InChI is InChI=1S/C23H24N4O4/c1-13-9-17(15(3)27(13)23-20(11-24)14(2)16(4)31-23)12-25-26-22(28)19-8-7-18(29-5)10-21(19)30-6/h7-10,12H,1-6H3,(H,26,28). The minimum Gasteiger partial charge on any atom is -0.497 e. The van der Waals surface area contributed by atoms with Crippen LogP contribution in [0, 0.1) is 39.0 Å². The number of methoxy groups -OCH3 is 2. The lowest BCUT2D eigenvalue weighted by Crippen LogP contribution is -2.18. The van der Waals surface area contributed by atoms with Crippen molar-refractivity contribution in [3.05, 3.63) is 63.7 Å². The van der Waals surface area contributed by atoms with E-state index >= 15 is 0 Å². The first-order valence-electron chi connectivity index (χ1n) is 9.57. The van der Waals surface area contributed by atoms with Gasteiger partial charge in [-0.2, -0.15) is 10.4 Å². The lowest BCUT2D eigenvalue weighted by molar-refractivity contribution is 0.0952. The van der Waals surface area contributed by atoms with Crippen molar-refractivity contribution in [2.45, 2.75) is 27.7 Å². The highest BCUT2D eigenvalue weighted by Gasteiger charge is 2.20. The van der Waals surface area contributed by atoms with E-state index in [2.05, 4.69) is 16.6 Å². The number of carbonyl (C=O) groups excluding carboxylic acids is 1. The number of hydrazone groups is 1. The Balaban J connectivity index is 1.85. The lowest BCUT2D eigenvalue weighted by atomic mass is 10.2. The van der Waals surface area contributed by atoms with Gasteiger partial charge in [-0.15, -0.1) is 0 Å². The third-order valence-corrected chi connectivity index (χ3v) is 5.17. The first-order valence-corrected chi connectivity index (χ1v) is 9.57. The predicted molar refractivity (Wildman–Crippen MR) is 116 cm³/mol. The monoisotopic (exact) mass is 420 g/mol. The van der Waals surface area contributed by atoms with Crippen LogP contribution in [-0.4, -0.2) is 30.9 Å². The van der Waals surface area contributed by atoms with E-state index < -0.39 is 5.91 Å². The molecule has 2 heterocycles. The molecule has 0 radical (unpaired) electrons. The summed E-state index contributed by atoms with van der Waals surface area (Å²) in [4.78, 5) is 12.5. The second kappa shape index (κ2) is 8.79. The van der Waals surface area contributed by atoms with Crippen LogP contribution in [0.5, 0.6) is 11.5 Å². The lowest BCUT2D eigenvalue weighted by Gasteiger charge is -2.09. The molecule has 8 heteroatoms. The highest BCUT2D eigenvalue weighted by atomic mass is 16.5. The molecule has 8 nitrogen and oxygen atoms in total. The van der Waals surface area contributed by atoms with Crippen LogP contribution in [0.1, 0.15) is 44.2 Å². The van der Waals surface area contributed by atoms with Crippen LogP contribution in [0.2, 0.25) is 0 Å². The Labute approximate surface area is 180 Å². The highest BCUT2D eigenvalue weighted by Crippen LogP contribution is 2.28. The maximum atomic E-state index is 12.5. The molecule has 31 heavy (non-hydrogen) atoms. The van der Waals surface area contributed by atoms with Crippen LogP contribution in [0.25, 0.3) is 5.88 Å². The molecule has 0 atom stereocenters. The van der Waals surface area contributed by atoms with Gasteiger partial charge in [0.15, 0.2) is 0 Å². The maximum absolute atomic E-state index is 12.5. The molecular weight excluding hydrogens is 396 g/mol. The maximum Gasteiger partial charge on any atom is 0.275 e. The van der Waals surface area contributed by atoms with Crippen LogP contribution < -0.4 is 14.9 Å². The van der Waals surface area contributed by atoms with E-state index in [1.807, 2.05) is 38.3 Å². The Kier molecular flexibility index (Phi) is 6.16. The minimum atomic E-state index is -0.409. The Hall–Kier alpha value is -3.99. The molecule has 0 aliphatic rings. The van der Waals surface area contributed by atoms with E-state index in [0.29, 0.717) is 34.3 Å². The van der Waals surface area contributed by atoms with Gasteiger partial charge >= 0.3 is 0 Å². The van der Waals surface area contributed by atoms with E-state index in [1.165, 1.54) is 7.11 Å². The molecule has 1 N–H and O–H groups in total. The van der Waals surface area contributed by atoms with Gasteiger partial charge in [0, 0.05) is 28.6 Å². The molecule has 0 aliphatic carbocycles. The number of ether oxygens (including phenoxy) is 2. The molecule has 3 rings (SSSR count). The molecule has 160 valence electrons. The normalized spacial score (nSPS) is 10.9. The summed E-state index contributed by atoms with van der Waals surface area (Å²) in [5, 5.41) is 13.6. The molecular formula is C23H24N4O4. The molecule has 0 bridgehead atoms. The van der Waals surface area contributed by atoms with Gasteiger partial charge in [-0.1, -0.05) is 0 Å². The zero-order valence-corrected chi connectivity index (χ0v) is 18.4. The summed E-state index contributed by atoms with van der Waals surface area (Å²) in [7, 11) is 3.03. The van der Waals surface area contributed by atoms with Gasteiger partial charge in [-0.3, -0.25) is 9.36 Å². The van der Waals surface area contributed by atoms with Crippen molar-refractivity contribution >= 4 is 12.1 Å². The van der Waals surface area contributed by atoms with Gasteiger partial charge in [-0.05, 0) is 45.9 Å². The van der Waals surface area contributed by atoms with Crippen LogP contribution in [-0.2, 0) is 0 Å². The van der Waals surface area contributed by atoms with Crippen molar-refractivity contribution in [1.29, 1.82) is 5.26 Å². The second-order valence-corrected chi connectivity index (χ2v) is 7.00. The average Bonchev–Trinajstić information content (AvgIpc) is 3.20. The molecule has 2 aromatic heterocycles. The molecule has 1 amide bonds. The Morgan fingerprint density at radius 3 is 2.58 bits per heavy atom. The number of rotatable bonds is 6. The molecule has 1 aromatic carbocycles. The minimum absolute atomic E-state index is 0.339. The Morgan fingerprint density at radius 1 is 1.19 bits per heavy atom. The summed E-state index contributed by atoms with van der Waals surface area (Å²) in [6, 6.07) is 9.04. The molecule has 3 aromatic rings. The summed E-state index contributed by atoms with van der Waals surface area (Å²) in [6.07, 6.45) is 1.56. The van der Waals surface area contributed by atoms with Crippen LogP contribution >= 0.6 is 0 Å². The average molecular weight is 420 g/mol. The third-order valence-electron chi connectivity index (χ3n) is 5.17. The van der Waals surface area contributed by atoms with Gasteiger partial charge in [0.05, 0.1) is 26.0 Å². The van der Waals surface area contributed by atoms with Gasteiger partial charge in [0.25, 0.3) is 5.91 Å². The fourth-order valence-electron chi connectivity index (χ4n) is 3.34. The number of benzene rings is 1.